The van der Waals surface area contributed by atoms with E-state index in [9.17, 15) is 4.79 Å². The highest BCUT2D eigenvalue weighted by Crippen LogP contribution is 2.11. The summed E-state index contributed by atoms with van der Waals surface area (Å²) in [6.07, 6.45) is 3.23. The molecule has 0 N–H and O–H groups in total. The van der Waals surface area contributed by atoms with E-state index in [1.54, 1.807) is 6.08 Å². The Hall–Kier alpha value is -2.08. The van der Waals surface area contributed by atoms with Gasteiger partial charge in [-0.1, -0.05) is 38.1 Å². The molecule has 18 heavy (non-hydrogen) atoms. The van der Waals surface area contributed by atoms with E-state index in [1.807, 2.05) is 37.3 Å². The summed E-state index contributed by atoms with van der Waals surface area (Å²) in [4.78, 5) is 11.6. The number of hydrogen-bond acceptors (Lipinski definition) is 3. The molecule has 0 saturated heterocycles. The van der Waals surface area contributed by atoms with Crippen LogP contribution in [0.25, 0.3) is 6.08 Å². The molecule has 0 unspecified atom stereocenters. The first-order valence-corrected chi connectivity index (χ1v) is 6.09. The minimum Gasteiger partial charge on any atom is -0.462 e. The van der Waals surface area contributed by atoms with Gasteiger partial charge in [-0.3, -0.25) is 0 Å². The Morgan fingerprint density at radius 3 is 2.83 bits per heavy atom. The Kier molecular flexibility index (Phi) is 5.66. The van der Waals surface area contributed by atoms with Crippen LogP contribution in [-0.2, 0) is 16.0 Å². The second-order valence-corrected chi connectivity index (χ2v) is 3.90. The molecule has 0 aromatic heterocycles. The van der Waals surface area contributed by atoms with Gasteiger partial charge in [-0.25, -0.2) is 4.79 Å². The Bertz CT molecular complexity index is 484. The molecular weight excluding hydrogens is 226 g/mol. The lowest BCUT2D eigenvalue weighted by atomic mass is 10.1. The van der Waals surface area contributed by atoms with Crippen LogP contribution in [0.3, 0.4) is 0 Å². The normalized spacial score (nSPS) is 10.8. The Balaban J connectivity index is 2.90. The zero-order valence-electron chi connectivity index (χ0n) is 10.8. The number of benzene rings is 1. The van der Waals surface area contributed by atoms with E-state index < -0.39 is 5.97 Å². The fourth-order valence-electron chi connectivity index (χ4n) is 1.48. The van der Waals surface area contributed by atoms with Crippen molar-refractivity contribution in [2.45, 2.75) is 26.7 Å². The molecule has 1 aromatic rings. The van der Waals surface area contributed by atoms with Crippen molar-refractivity contribution in [3.8, 4) is 6.07 Å². The van der Waals surface area contributed by atoms with Gasteiger partial charge in [-0.15, -0.1) is 0 Å². The van der Waals surface area contributed by atoms with Crippen molar-refractivity contribution in [2.75, 3.05) is 6.61 Å². The molecule has 3 heteroatoms. The fourth-order valence-corrected chi connectivity index (χ4v) is 1.48. The zero-order chi connectivity index (χ0) is 13.4. The van der Waals surface area contributed by atoms with Gasteiger partial charge in [0.1, 0.15) is 11.6 Å². The van der Waals surface area contributed by atoms with Gasteiger partial charge in [-0.2, -0.15) is 5.26 Å². The van der Waals surface area contributed by atoms with Crippen molar-refractivity contribution < 1.29 is 9.53 Å². The Morgan fingerprint density at radius 2 is 2.22 bits per heavy atom. The van der Waals surface area contributed by atoms with Crippen molar-refractivity contribution in [2.24, 2.45) is 0 Å². The van der Waals surface area contributed by atoms with Crippen LogP contribution in [0.15, 0.2) is 29.8 Å². The monoisotopic (exact) mass is 243 g/mol. The molecule has 0 atom stereocenters. The van der Waals surface area contributed by atoms with Crippen LogP contribution < -0.4 is 0 Å². The molecule has 94 valence electrons. The molecule has 0 aliphatic heterocycles. The van der Waals surface area contributed by atoms with E-state index in [-0.39, 0.29) is 5.57 Å². The second kappa shape index (κ2) is 7.29. The predicted molar refractivity (Wildman–Crippen MR) is 70.7 cm³/mol. The van der Waals surface area contributed by atoms with Crippen LogP contribution in [0.2, 0.25) is 0 Å². The highest BCUT2D eigenvalue weighted by molar-refractivity contribution is 5.97. The molecule has 0 saturated carbocycles. The molecule has 1 aromatic carbocycles. The number of nitriles is 1. The van der Waals surface area contributed by atoms with Gasteiger partial charge in [0.25, 0.3) is 0 Å². The van der Waals surface area contributed by atoms with Crippen LogP contribution in [0.5, 0.6) is 0 Å². The average molecular weight is 243 g/mol. The largest absolute Gasteiger partial charge is 0.462 e. The second-order valence-electron chi connectivity index (χ2n) is 3.90. The van der Waals surface area contributed by atoms with Gasteiger partial charge < -0.3 is 4.74 Å². The van der Waals surface area contributed by atoms with Crippen LogP contribution in [-0.4, -0.2) is 12.6 Å². The van der Waals surface area contributed by atoms with Crippen molar-refractivity contribution in [1.29, 1.82) is 5.26 Å². The molecular formula is C15H17NO2. The van der Waals surface area contributed by atoms with Crippen LogP contribution >= 0.6 is 0 Å². The first-order valence-electron chi connectivity index (χ1n) is 6.09. The smallest absolute Gasteiger partial charge is 0.348 e. The summed E-state index contributed by atoms with van der Waals surface area (Å²) >= 11 is 0. The molecule has 0 bridgehead atoms. The van der Waals surface area contributed by atoms with E-state index in [0.29, 0.717) is 6.61 Å². The van der Waals surface area contributed by atoms with E-state index in [2.05, 4.69) is 6.92 Å². The average Bonchev–Trinajstić information content (AvgIpc) is 2.42. The van der Waals surface area contributed by atoms with Crippen molar-refractivity contribution >= 4 is 12.0 Å². The minimum absolute atomic E-state index is 0.0386. The summed E-state index contributed by atoms with van der Waals surface area (Å²) in [5.74, 6) is -0.554. The number of hydrogen-bond donors (Lipinski definition) is 0. The maximum Gasteiger partial charge on any atom is 0.348 e. The van der Waals surface area contributed by atoms with E-state index >= 15 is 0 Å². The number of carbonyl (C=O) groups is 1. The maximum absolute atomic E-state index is 11.6. The Morgan fingerprint density at radius 1 is 1.44 bits per heavy atom. The maximum atomic E-state index is 11.6. The molecule has 0 aliphatic carbocycles. The zero-order valence-corrected chi connectivity index (χ0v) is 10.8. The number of carbonyl (C=O) groups excluding carboxylic acids is 1. The molecule has 0 fully saturated rings. The van der Waals surface area contributed by atoms with Gasteiger partial charge in [0.15, 0.2) is 0 Å². The lowest BCUT2D eigenvalue weighted by Gasteiger charge is -2.02. The highest BCUT2D eigenvalue weighted by atomic mass is 16.5. The molecule has 0 amide bonds. The van der Waals surface area contributed by atoms with Crippen molar-refractivity contribution in [3.05, 3.63) is 41.0 Å². The lowest BCUT2D eigenvalue weighted by molar-refractivity contribution is -0.138. The number of rotatable bonds is 5. The molecule has 3 nitrogen and oxygen atoms in total. The number of aryl methyl sites for hydroxylation is 1. The van der Waals surface area contributed by atoms with Gasteiger partial charge in [0.2, 0.25) is 0 Å². The van der Waals surface area contributed by atoms with Gasteiger partial charge in [-0.05, 0) is 30.0 Å². The van der Waals surface area contributed by atoms with Gasteiger partial charge in [0, 0.05) is 0 Å². The van der Waals surface area contributed by atoms with Crippen LogP contribution in [0, 0.1) is 11.3 Å². The first-order chi connectivity index (χ1) is 8.71. The summed E-state index contributed by atoms with van der Waals surface area (Å²) in [5, 5.41) is 8.96. The van der Waals surface area contributed by atoms with E-state index in [4.69, 9.17) is 10.00 Å². The van der Waals surface area contributed by atoms with Crippen LogP contribution in [0.4, 0.5) is 0 Å². The molecule has 0 aliphatic rings. The SMILES string of the molecule is CCCOC(=O)C(C#N)=Cc1cccc(CC)c1. The first kappa shape index (κ1) is 14.0. The number of esters is 1. The molecule has 0 spiro atoms. The van der Waals surface area contributed by atoms with E-state index in [0.717, 1.165) is 18.4 Å². The number of nitrogens with zero attached hydrogens (tertiary/aromatic N) is 1. The molecule has 0 radical (unpaired) electrons. The van der Waals surface area contributed by atoms with Gasteiger partial charge in [0.05, 0.1) is 6.61 Å². The minimum atomic E-state index is -0.554. The Labute approximate surface area is 108 Å². The van der Waals surface area contributed by atoms with Gasteiger partial charge >= 0.3 is 5.97 Å². The highest BCUT2D eigenvalue weighted by Gasteiger charge is 2.09. The standard InChI is InChI=1S/C15H17NO2/c1-3-8-18-15(17)14(11-16)10-13-7-5-6-12(4-2)9-13/h5-7,9-10H,3-4,8H2,1-2H3. The summed E-state index contributed by atoms with van der Waals surface area (Å²) < 4.78 is 4.94. The van der Waals surface area contributed by atoms with E-state index in [1.165, 1.54) is 5.56 Å². The summed E-state index contributed by atoms with van der Waals surface area (Å²) in [5.41, 5.74) is 2.05. The van der Waals surface area contributed by atoms with Crippen molar-refractivity contribution in [1.82, 2.24) is 0 Å². The topological polar surface area (TPSA) is 50.1 Å². The lowest BCUT2D eigenvalue weighted by Crippen LogP contribution is -2.07. The number of ether oxygens (including phenoxy) is 1. The van der Waals surface area contributed by atoms with Crippen molar-refractivity contribution in [3.63, 3.8) is 0 Å². The molecule has 0 heterocycles. The third-order valence-electron chi connectivity index (χ3n) is 2.45. The molecule has 1 rings (SSSR count). The summed E-state index contributed by atoms with van der Waals surface area (Å²) in [6, 6.07) is 9.64. The van der Waals surface area contributed by atoms with Crippen LogP contribution in [0.1, 0.15) is 31.4 Å². The predicted octanol–water partition coefficient (Wildman–Crippen LogP) is 3.11. The quantitative estimate of drug-likeness (QED) is 0.453. The third-order valence-corrected chi connectivity index (χ3v) is 2.45. The third kappa shape index (κ3) is 4.06. The summed E-state index contributed by atoms with van der Waals surface area (Å²) in [7, 11) is 0. The fraction of sp³-hybridized carbons (Fsp3) is 0.333. The summed E-state index contributed by atoms with van der Waals surface area (Å²) in [6.45, 7) is 4.31.